The van der Waals surface area contributed by atoms with Gasteiger partial charge < -0.3 is 10.1 Å². The van der Waals surface area contributed by atoms with E-state index in [0.29, 0.717) is 16.4 Å². The van der Waals surface area contributed by atoms with Crippen molar-refractivity contribution in [3.05, 3.63) is 28.5 Å². The molecule has 4 heteroatoms. The van der Waals surface area contributed by atoms with E-state index in [0.717, 1.165) is 0 Å². The van der Waals surface area contributed by atoms with Crippen LogP contribution in [0.1, 0.15) is 0 Å². The first kappa shape index (κ1) is 9.19. The lowest BCUT2D eigenvalue weighted by Gasteiger charge is -2.04. The molecule has 0 spiro atoms. The second-order valence-corrected chi connectivity index (χ2v) is 3.00. The number of aldehydes is 1. The lowest BCUT2D eigenvalue weighted by molar-refractivity contribution is -0.106. The highest BCUT2D eigenvalue weighted by Crippen LogP contribution is 2.21. The summed E-state index contributed by atoms with van der Waals surface area (Å²) < 4.78 is 13.5. The number of nitrogens with one attached hydrogen (secondary N) is 1. The highest BCUT2D eigenvalue weighted by molar-refractivity contribution is 9.10. The molecule has 1 aromatic rings. The summed E-state index contributed by atoms with van der Waals surface area (Å²) in [5.74, 6) is -0.376. The van der Waals surface area contributed by atoms with E-state index in [9.17, 15) is 9.18 Å². The van der Waals surface area contributed by atoms with Gasteiger partial charge in [-0.05, 0) is 28.1 Å². The quantitative estimate of drug-likeness (QED) is 0.809. The van der Waals surface area contributed by atoms with Crippen LogP contribution in [0.25, 0.3) is 0 Å². The zero-order valence-electron chi connectivity index (χ0n) is 6.18. The van der Waals surface area contributed by atoms with Gasteiger partial charge in [0, 0.05) is 0 Å². The monoisotopic (exact) mass is 231 g/mol. The molecule has 1 rings (SSSR count). The number of halogens is 2. The molecule has 0 aliphatic carbocycles. The second-order valence-electron chi connectivity index (χ2n) is 2.15. The Morgan fingerprint density at radius 2 is 2.33 bits per heavy atom. The number of benzene rings is 1. The molecule has 1 aromatic carbocycles. The van der Waals surface area contributed by atoms with Crippen LogP contribution in [0, 0.1) is 5.82 Å². The molecule has 0 fully saturated rings. The predicted molar refractivity (Wildman–Crippen MR) is 48.7 cm³/mol. The Labute approximate surface area is 77.9 Å². The largest absolute Gasteiger partial charge is 0.376 e. The Hall–Kier alpha value is -0.900. The molecular weight excluding hydrogens is 225 g/mol. The van der Waals surface area contributed by atoms with Gasteiger partial charge in [0.2, 0.25) is 0 Å². The van der Waals surface area contributed by atoms with Crippen LogP contribution in [0.3, 0.4) is 0 Å². The van der Waals surface area contributed by atoms with Gasteiger partial charge in [-0.25, -0.2) is 4.39 Å². The lowest BCUT2D eigenvalue weighted by Crippen LogP contribution is -2.03. The first-order valence-electron chi connectivity index (χ1n) is 3.37. The maximum atomic E-state index is 13.1. The van der Waals surface area contributed by atoms with Gasteiger partial charge in [0.1, 0.15) is 6.29 Å². The molecule has 0 atom stereocenters. The van der Waals surface area contributed by atoms with E-state index in [1.807, 2.05) is 0 Å². The van der Waals surface area contributed by atoms with Gasteiger partial charge in [0.15, 0.2) is 5.82 Å². The SMILES string of the molecule is O=CCNc1cccc(Br)c1F. The number of hydrogen-bond donors (Lipinski definition) is 1. The van der Waals surface area contributed by atoms with Crippen LogP contribution in [0.4, 0.5) is 10.1 Å². The van der Waals surface area contributed by atoms with Crippen LogP contribution in [0.15, 0.2) is 22.7 Å². The molecular formula is C8H7BrFNO. The van der Waals surface area contributed by atoms with Crippen molar-refractivity contribution in [3.8, 4) is 0 Å². The minimum absolute atomic E-state index is 0.118. The maximum absolute atomic E-state index is 13.1. The fourth-order valence-electron chi connectivity index (χ4n) is 0.792. The number of anilines is 1. The molecule has 2 nitrogen and oxygen atoms in total. The lowest BCUT2D eigenvalue weighted by atomic mass is 10.3. The second kappa shape index (κ2) is 4.21. The molecule has 0 aliphatic rings. The third-order valence-corrected chi connectivity index (χ3v) is 1.94. The number of carbonyl (C=O) groups is 1. The van der Waals surface area contributed by atoms with Gasteiger partial charge in [-0.1, -0.05) is 6.07 Å². The molecule has 0 saturated heterocycles. The Morgan fingerprint density at radius 1 is 1.58 bits per heavy atom. The van der Waals surface area contributed by atoms with Crippen molar-refractivity contribution in [2.24, 2.45) is 0 Å². The minimum atomic E-state index is -0.376. The van der Waals surface area contributed by atoms with Crippen molar-refractivity contribution in [1.82, 2.24) is 0 Å². The van der Waals surface area contributed by atoms with Crippen molar-refractivity contribution in [2.75, 3.05) is 11.9 Å². The van der Waals surface area contributed by atoms with Gasteiger partial charge >= 0.3 is 0 Å². The van der Waals surface area contributed by atoms with Gasteiger partial charge in [0.05, 0.1) is 16.7 Å². The third-order valence-electron chi connectivity index (χ3n) is 1.33. The highest BCUT2D eigenvalue weighted by Gasteiger charge is 2.03. The maximum Gasteiger partial charge on any atom is 0.160 e. The standard InChI is InChI=1S/C8H7BrFNO/c9-6-2-1-3-7(8(6)10)11-4-5-12/h1-3,5,11H,4H2. The van der Waals surface area contributed by atoms with Crippen molar-refractivity contribution in [2.45, 2.75) is 0 Å². The van der Waals surface area contributed by atoms with Crippen LogP contribution in [-0.4, -0.2) is 12.8 Å². The van der Waals surface area contributed by atoms with E-state index in [2.05, 4.69) is 21.2 Å². The van der Waals surface area contributed by atoms with E-state index in [1.54, 1.807) is 18.2 Å². The Bertz CT molecular complexity index is 290. The van der Waals surface area contributed by atoms with Crippen LogP contribution in [0.2, 0.25) is 0 Å². The summed E-state index contributed by atoms with van der Waals surface area (Å²) in [6, 6.07) is 4.87. The van der Waals surface area contributed by atoms with E-state index in [4.69, 9.17) is 0 Å². The Kier molecular flexibility index (Phi) is 3.22. The fraction of sp³-hybridized carbons (Fsp3) is 0.125. The summed E-state index contributed by atoms with van der Waals surface area (Å²) in [6.45, 7) is 0.118. The molecule has 12 heavy (non-hydrogen) atoms. The van der Waals surface area contributed by atoms with Crippen LogP contribution >= 0.6 is 15.9 Å². The summed E-state index contributed by atoms with van der Waals surface area (Å²) in [7, 11) is 0. The van der Waals surface area contributed by atoms with Crippen LogP contribution in [0.5, 0.6) is 0 Å². The molecule has 0 saturated carbocycles. The van der Waals surface area contributed by atoms with E-state index < -0.39 is 0 Å². The molecule has 0 aromatic heterocycles. The van der Waals surface area contributed by atoms with Gasteiger partial charge in [0.25, 0.3) is 0 Å². The van der Waals surface area contributed by atoms with Crippen LogP contribution < -0.4 is 5.32 Å². The van der Waals surface area contributed by atoms with E-state index in [1.165, 1.54) is 0 Å². The molecule has 0 bridgehead atoms. The van der Waals surface area contributed by atoms with Gasteiger partial charge in [-0.2, -0.15) is 0 Å². The first-order valence-corrected chi connectivity index (χ1v) is 4.16. The predicted octanol–water partition coefficient (Wildman–Crippen LogP) is 2.20. The molecule has 0 unspecified atom stereocenters. The van der Waals surface area contributed by atoms with E-state index in [-0.39, 0.29) is 12.4 Å². The summed E-state index contributed by atoms with van der Waals surface area (Å²) >= 11 is 3.03. The van der Waals surface area contributed by atoms with Gasteiger partial charge in [-0.15, -0.1) is 0 Å². The Balaban J connectivity index is 2.84. The summed E-state index contributed by atoms with van der Waals surface area (Å²) in [6.07, 6.45) is 0.681. The molecule has 1 N–H and O–H groups in total. The Morgan fingerprint density at radius 3 is 3.00 bits per heavy atom. The number of hydrogen-bond acceptors (Lipinski definition) is 2. The number of rotatable bonds is 3. The average molecular weight is 232 g/mol. The highest BCUT2D eigenvalue weighted by atomic mass is 79.9. The van der Waals surface area contributed by atoms with Crippen LogP contribution in [-0.2, 0) is 4.79 Å². The first-order chi connectivity index (χ1) is 5.75. The zero-order chi connectivity index (χ0) is 8.97. The van der Waals surface area contributed by atoms with Crippen molar-refractivity contribution in [3.63, 3.8) is 0 Å². The normalized spacial score (nSPS) is 9.50. The summed E-state index contributed by atoms with van der Waals surface area (Å²) in [5, 5.41) is 2.63. The average Bonchev–Trinajstić information content (AvgIpc) is 2.08. The molecule has 0 heterocycles. The number of carbonyl (C=O) groups excluding carboxylic acids is 1. The molecule has 0 aliphatic heterocycles. The van der Waals surface area contributed by atoms with Crippen molar-refractivity contribution >= 4 is 27.9 Å². The van der Waals surface area contributed by atoms with Gasteiger partial charge in [-0.3, -0.25) is 0 Å². The van der Waals surface area contributed by atoms with Crippen molar-refractivity contribution < 1.29 is 9.18 Å². The topological polar surface area (TPSA) is 29.1 Å². The third kappa shape index (κ3) is 2.04. The molecule has 0 radical (unpaired) electrons. The van der Waals surface area contributed by atoms with Crippen molar-refractivity contribution in [1.29, 1.82) is 0 Å². The smallest absolute Gasteiger partial charge is 0.160 e. The molecule has 64 valence electrons. The summed E-state index contributed by atoms with van der Waals surface area (Å²) in [4.78, 5) is 9.98. The minimum Gasteiger partial charge on any atom is -0.376 e. The molecule has 0 amide bonds. The van der Waals surface area contributed by atoms with E-state index >= 15 is 0 Å². The fourth-order valence-corrected chi connectivity index (χ4v) is 1.16. The summed E-state index contributed by atoms with van der Waals surface area (Å²) in [5.41, 5.74) is 0.330. The zero-order valence-corrected chi connectivity index (χ0v) is 7.77.